The Balaban J connectivity index is 1.90. The number of aliphatic imine (C=N–C) groups is 1. The van der Waals surface area contributed by atoms with Crippen LogP contribution >= 0.6 is 11.8 Å². The van der Waals surface area contributed by atoms with Crippen molar-refractivity contribution in [3.63, 3.8) is 0 Å². The van der Waals surface area contributed by atoms with Gasteiger partial charge in [-0.3, -0.25) is 9.78 Å². The van der Waals surface area contributed by atoms with Gasteiger partial charge in [0.25, 0.3) is 5.91 Å². The number of nitrogens with one attached hydrogen (secondary N) is 1. The van der Waals surface area contributed by atoms with Crippen molar-refractivity contribution in [2.75, 3.05) is 0 Å². The number of amidine groups is 1. The minimum Gasteiger partial charge on any atom is -0.508 e. The maximum Gasteiger partial charge on any atom is 0.338 e. The third kappa shape index (κ3) is 3.44. The molecule has 3 N–H and O–H groups in total. The quantitative estimate of drug-likeness (QED) is 0.739. The Morgan fingerprint density at radius 2 is 2.00 bits per heavy atom. The van der Waals surface area contributed by atoms with E-state index >= 15 is 0 Å². The topological polar surface area (TPSA) is 112 Å². The van der Waals surface area contributed by atoms with E-state index in [9.17, 15) is 19.8 Å². The van der Waals surface area contributed by atoms with Gasteiger partial charge in [-0.25, -0.2) is 9.79 Å². The molecule has 0 unspecified atom stereocenters. The van der Waals surface area contributed by atoms with Gasteiger partial charge in [-0.05, 0) is 53.7 Å². The first-order chi connectivity index (χ1) is 11.5. The van der Waals surface area contributed by atoms with Crippen molar-refractivity contribution in [3.8, 4) is 5.75 Å². The fraction of sp³-hybridized carbons (Fsp3) is 0. The number of thioether (sulfide) groups is 1. The summed E-state index contributed by atoms with van der Waals surface area (Å²) in [5.41, 5.74) is 0.817. The maximum atomic E-state index is 12.0. The predicted molar refractivity (Wildman–Crippen MR) is 90.1 cm³/mol. The van der Waals surface area contributed by atoms with E-state index in [1.165, 1.54) is 12.1 Å². The SMILES string of the molecule is O=C1NC(=Nc2ccc(O)cc2C(=O)O)S/C1=C\c1ccncc1. The number of aromatic nitrogens is 1. The van der Waals surface area contributed by atoms with Crippen molar-refractivity contribution in [2.45, 2.75) is 0 Å². The molecule has 1 aromatic heterocycles. The van der Waals surface area contributed by atoms with Crippen LogP contribution in [0.15, 0.2) is 52.6 Å². The average Bonchev–Trinajstić information content (AvgIpc) is 2.89. The van der Waals surface area contributed by atoms with Gasteiger partial charge in [0.05, 0.1) is 16.2 Å². The van der Waals surface area contributed by atoms with E-state index in [0.29, 0.717) is 4.91 Å². The summed E-state index contributed by atoms with van der Waals surface area (Å²) in [6.45, 7) is 0. The van der Waals surface area contributed by atoms with Gasteiger partial charge < -0.3 is 15.5 Å². The van der Waals surface area contributed by atoms with Crippen molar-refractivity contribution >= 4 is 40.6 Å². The number of aromatic carboxylic acids is 1. The van der Waals surface area contributed by atoms with Crippen molar-refractivity contribution in [1.82, 2.24) is 10.3 Å². The van der Waals surface area contributed by atoms with Crippen molar-refractivity contribution < 1.29 is 19.8 Å². The fourth-order valence-electron chi connectivity index (χ4n) is 1.99. The Kier molecular flexibility index (Phi) is 4.30. The maximum absolute atomic E-state index is 12.0. The highest BCUT2D eigenvalue weighted by atomic mass is 32.2. The second-order valence-electron chi connectivity index (χ2n) is 4.77. The lowest BCUT2D eigenvalue weighted by atomic mass is 10.2. The highest BCUT2D eigenvalue weighted by Gasteiger charge is 2.24. The Bertz CT molecular complexity index is 878. The minimum atomic E-state index is -1.22. The van der Waals surface area contributed by atoms with Gasteiger partial charge >= 0.3 is 5.97 Å². The number of hydrogen-bond donors (Lipinski definition) is 3. The summed E-state index contributed by atoms with van der Waals surface area (Å²) in [6, 6.07) is 7.35. The van der Waals surface area contributed by atoms with Crippen LogP contribution in [0.5, 0.6) is 5.75 Å². The van der Waals surface area contributed by atoms with Crippen molar-refractivity contribution in [2.24, 2.45) is 4.99 Å². The summed E-state index contributed by atoms with van der Waals surface area (Å²) in [4.78, 5) is 31.7. The van der Waals surface area contributed by atoms with Gasteiger partial charge in [0, 0.05) is 12.4 Å². The third-order valence-corrected chi connectivity index (χ3v) is 4.00. The molecule has 0 atom stereocenters. The first-order valence-corrected chi connectivity index (χ1v) is 7.60. The molecule has 0 spiro atoms. The number of carbonyl (C=O) groups excluding carboxylic acids is 1. The Morgan fingerprint density at radius 3 is 2.71 bits per heavy atom. The summed E-state index contributed by atoms with van der Waals surface area (Å²) >= 11 is 1.11. The number of carbonyl (C=O) groups is 2. The summed E-state index contributed by atoms with van der Waals surface area (Å²) in [5.74, 6) is -1.70. The van der Waals surface area contributed by atoms with Gasteiger partial charge in [0.1, 0.15) is 5.75 Å². The van der Waals surface area contributed by atoms with Gasteiger partial charge in [0.2, 0.25) is 0 Å². The number of hydrogen-bond acceptors (Lipinski definition) is 6. The molecular weight excluding hydrogens is 330 g/mol. The monoisotopic (exact) mass is 341 g/mol. The molecule has 0 aliphatic carbocycles. The zero-order valence-electron chi connectivity index (χ0n) is 12.1. The minimum absolute atomic E-state index is 0.147. The van der Waals surface area contributed by atoms with Gasteiger partial charge in [0.15, 0.2) is 5.17 Å². The molecule has 0 bridgehead atoms. The van der Waals surface area contributed by atoms with E-state index in [1.807, 2.05) is 0 Å². The number of amides is 1. The third-order valence-electron chi connectivity index (χ3n) is 3.09. The van der Waals surface area contributed by atoms with Crippen LogP contribution in [-0.4, -0.2) is 32.2 Å². The molecule has 120 valence electrons. The lowest BCUT2D eigenvalue weighted by Gasteiger charge is -2.02. The molecule has 8 heteroatoms. The molecule has 24 heavy (non-hydrogen) atoms. The first-order valence-electron chi connectivity index (χ1n) is 6.79. The largest absolute Gasteiger partial charge is 0.508 e. The Labute approximate surface area is 140 Å². The molecule has 0 saturated carbocycles. The van der Waals surface area contributed by atoms with Crippen LogP contribution in [0, 0.1) is 0 Å². The summed E-state index contributed by atoms with van der Waals surface area (Å²) in [6.07, 6.45) is 4.93. The van der Waals surface area contributed by atoms with E-state index in [-0.39, 0.29) is 28.1 Å². The van der Waals surface area contributed by atoms with Crippen molar-refractivity contribution in [1.29, 1.82) is 0 Å². The van der Waals surface area contributed by atoms with Crippen LogP contribution in [0.3, 0.4) is 0 Å². The molecular formula is C16H11N3O4S. The fourth-order valence-corrected chi connectivity index (χ4v) is 2.83. The summed E-state index contributed by atoms with van der Waals surface area (Å²) in [5, 5.41) is 21.4. The van der Waals surface area contributed by atoms with Crippen LogP contribution < -0.4 is 5.32 Å². The number of pyridine rings is 1. The molecule has 7 nitrogen and oxygen atoms in total. The highest BCUT2D eigenvalue weighted by molar-refractivity contribution is 8.18. The average molecular weight is 341 g/mol. The highest BCUT2D eigenvalue weighted by Crippen LogP contribution is 2.30. The number of carboxylic acids is 1. The molecule has 1 aliphatic heterocycles. The van der Waals surface area contributed by atoms with Crippen LogP contribution in [0.1, 0.15) is 15.9 Å². The summed E-state index contributed by atoms with van der Waals surface area (Å²) < 4.78 is 0. The van der Waals surface area contributed by atoms with Crippen molar-refractivity contribution in [3.05, 3.63) is 58.8 Å². The van der Waals surface area contributed by atoms with Gasteiger partial charge in [-0.15, -0.1) is 0 Å². The van der Waals surface area contributed by atoms with Gasteiger partial charge in [-0.1, -0.05) is 0 Å². The molecule has 2 heterocycles. The number of nitrogens with zero attached hydrogens (tertiary/aromatic N) is 2. The zero-order valence-corrected chi connectivity index (χ0v) is 12.9. The van der Waals surface area contributed by atoms with E-state index in [1.54, 1.807) is 30.6 Å². The number of aromatic hydroxyl groups is 1. The second kappa shape index (κ2) is 6.55. The molecule has 1 aliphatic rings. The lowest BCUT2D eigenvalue weighted by Crippen LogP contribution is -2.19. The van der Waals surface area contributed by atoms with E-state index in [0.717, 1.165) is 23.4 Å². The predicted octanol–water partition coefficient (Wildman–Crippen LogP) is 2.38. The molecule has 1 amide bonds. The smallest absolute Gasteiger partial charge is 0.338 e. The molecule has 3 rings (SSSR count). The Hall–Kier alpha value is -3.13. The van der Waals surface area contributed by atoms with E-state index in [2.05, 4.69) is 15.3 Å². The van der Waals surface area contributed by atoms with Gasteiger partial charge in [-0.2, -0.15) is 0 Å². The molecule has 0 radical (unpaired) electrons. The lowest BCUT2D eigenvalue weighted by molar-refractivity contribution is -0.115. The van der Waals surface area contributed by atoms with Crippen LogP contribution in [-0.2, 0) is 4.79 Å². The number of phenolic OH excluding ortho intramolecular Hbond substituents is 1. The van der Waals surface area contributed by atoms with Crippen LogP contribution in [0.4, 0.5) is 5.69 Å². The number of benzene rings is 1. The van der Waals surface area contributed by atoms with Crippen LogP contribution in [0.25, 0.3) is 6.08 Å². The number of rotatable bonds is 3. The van der Waals surface area contributed by atoms with E-state index in [4.69, 9.17) is 0 Å². The zero-order chi connectivity index (χ0) is 17.1. The molecule has 2 aromatic rings. The Morgan fingerprint density at radius 1 is 1.25 bits per heavy atom. The molecule has 1 fully saturated rings. The van der Waals surface area contributed by atoms with E-state index < -0.39 is 5.97 Å². The standard InChI is InChI=1S/C16H11N3O4S/c20-10-1-2-12(11(8-10)15(22)23)18-16-19-14(21)13(24-16)7-9-3-5-17-6-4-9/h1-8,20H,(H,22,23)(H,18,19,21)/b13-7-. The number of phenols is 1. The normalized spacial score (nSPS) is 17.2. The first kappa shape index (κ1) is 15.8. The number of carboxylic acid groups (broad SMARTS) is 1. The molecule has 1 aromatic carbocycles. The summed E-state index contributed by atoms with van der Waals surface area (Å²) in [7, 11) is 0. The second-order valence-corrected chi connectivity index (χ2v) is 5.80. The van der Waals surface area contributed by atoms with Crippen LogP contribution in [0.2, 0.25) is 0 Å². The molecule has 1 saturated heterocycles.